The molecule has 1 saturated carbocycles. The van der Waals surface area contributed by atoms with E-state index < -0.39 is 0 Å². The molecule has 3 unspecified atom stereocenters. The van der Waals surface area contributed by atoms with E-state index in [9.17, 15) is 0 Å². The van der Waals surface area contributed by atoms with Crippen LogP contribution in [-0.4, -0.2) is 49.4 Å². The highest BCUT2D eigenvalue weighted by molar-refractivity contribution is 7.98. The highest BCUT2D eigenvalue weighted by atomic mass is 32.2. The van der Waals surface area contributed by atoms with Crippen LogP contribution in [0.5, 0.6) is 5.75 Å². The Kier molecular flexibility index (Phi) is 8.26. The van der Waals surface area contributed by atoms with Gasteiger partial charge in [0.15, 0.2) is 0 Å². The minimum absolute atomic E-state index is 0.584. The Morgan fingerprint density at radius 1 is 1.03 bits per heavy atom. The molecule has 2 aromatic carbocycles. The highest BCUT2D eigenvalue weighted by Gasteiger charge is 2.37. The van der Waals surface area contributed by atoms with Crippen LogP contribution in [0.1, 0.15) is 31.6 Å². The van der Waals surface area contributed by atoms with Gasteiger partial charge in [0.2, 0.25) is 11.8 Å². The van der Waals surface area contributed by atoms with Crippen LogP contribution in [0.2, 0.25) is 0 Å². The zero-order chi connectivity index (χ0) is 23.9. The first-order chi connectivity index (χ1) is 17.3. The molecule has 3 aromatic rings. The fraction of sp³-hybridized carbons (Fsp3) is 0.500. The maximum atomic E-state index is 5.91. The van der Waals surface area contributed by atoms with Crippen LogP contribution < -0.4 is 9.64 Å². The van der Waals surface area contributed by atoms with E-state index in [0.717, 1.165) is 54.5 Å². The Morgan fingerprint density at radius 3 is 2.71 bits per heavy atom. The van der Waals surface area contributed by atoms with Gasteiger partial charge in [0.05, 0.1) is 12.4 Å². The quantitative estimate of drug-likeness (QED) is 0.306. The van der Waals surface area contributed by atoms with Gasteiger partial charge in [-0.2, -0.15) is 0 Å². The highest BCUT2D eigenvalue weighted by Crippen LogP contribution is 2.41. The van der Waals surface area contributed by atoms with Crippen LogP contribution in [0.3, 0.4) is 0 Å². The van der Waals surface area contributed by atoms with Gasteiger partial charge in [0.25, 0.3) is 0 Å². The van der Waals surface area contributed by atoms with Crippen LogP contribution >= 0.6 is 11.8 Å². The number of benzene rings is 2. The van der Waals surface area contributed by atoms with Gasteiger partial charge in [0, 0.05) is 43.8 Å². The van der Waals surface area contributed by atoms with Crippen molar-refractivity contribution in [2.45, 2.75) is 31.4 Å². The van der Waals surface area contributed by atoms with E-state index in [1.807, 2.05) is 37.4 Å². The number of para-hydroxylation sites is 1. The third kappa shape index (κ3) is 6.19. The summed E-state index contributed by atoms with van der Waals surface area (Å²) in [5.74, 6) is 6.03. The van der Waals surface area contributed by atoms with Gasteiger partial charge in [-0.15, -0.1) is 22.0 Å². The molecule has 0 radical (unpaired) electrons. The minimum atomic E-state index is 0.584. The Balaban J connectivity index is 1.09. The summed E-state index contributed by atoms with van der Waals surface area (Å²) in [6.45, 7) is 3.86. The molecule has 35 heavy (non-hydrogen) atoms. The van der Waals surface area contributed by atoms with Crippen molar-refractivity contribution >= 4 is 17.4 Å². The molecule has 5 rings (SSSR count). The second-order valence-corrected chi connectivity index (χ2v) is 10.7. The second kappa shape index (κ2) is 12.0. The monoisotopic (exact) mass is 493 g/mol. The normalized spacial score (nSPS) is 22.1. The van der Waals surface area contributed by atoms with Crippen LogP contribution in [0.15, 0.2) is 59.0 Å². The number of methoxy groups -OCH3 is 1. The second-order valence-electron chi connectivity index (χ2n) is 9.57. The van der Waals surface area contributed by atoms with E-state index in [0.29, 0.717) is 24.1 Å². The third-order valence-corrected chi connectivity index (χ3v) is 8.25. The molecule has 1 aliphatic heterocycles. The van der Waals surface area contributed by atoms with Crippen LogP contribution in [-0.2, 0) is 10.5 Å². The molecule has 0 N–H and O–H groups in total. The maximum Gasteiger partial charge on any atom is 0.247 e. The number of hydrogen-bond acceptors (Lipinski definition) is 7. The lowest BCUT2D eigenvalue weighted by atomic mass is 9.83. The minimum Gasteiger partial charge on any atom is -0.493 e. The average Bonchev–Trinajstić information content (AvgIpc) is 3.66. The summed E-state index contributed by atoms with van der Waals surface area (Å²) in [5, 5.41) is 8.49. The average molecular weight is 494 g/mol. The van der Waals surface area contributed by atoms with E-state index >= 15 is 0 Å². The van der Waals surface area contributed by atoms with Crippen molar-refractivity contribution in [2.24, 2.45) is 17.8 Å². The fourth-order valence-corrected chi connectivity index (χ4v) is 6.25. The van der Waals surface area contributed by atoms with Gasteiger partial charge in [0.1, 0.15) is 5.75 Å². The van der Waals surface area contributed by atoms with Gasteiger partial charge in [-0.3, -0.25) is 0 Å². The third-order valence-electron chi connectivity index (χ3n) is 7.34. The molecule has 2 aliphatic rings. The molecule has 2 heterocycles. The van der Waals surface area contributed by atoms with Crippen molar-refractivity contribution < 1.29 is 13.9 Å². The predicted molar refractivity (Wildman–Crippen MR) is 141 cm³/mol. The largest absolute Gasteiger partial charge is 0.493 e. The van der Waals surface area contributed by atoms with Gasteiger partial charge in [-0.25, -0.2) is 0 Å². The summed E-state index contributed by atoms with van der Waals surface area (Å²) in [6.07, 6.45) is 5.34. The zero-order valence-electron chi connectivity index (χ0n) is 20.5. The van der Waals surface area contributed by atoms with Crippen molar-refractivity contribution in [3.63, 3.8) is 0 Å². The Labute approximate surface area is 212 Å². The predicted octanol–water partition coefficient (Wildman–Crippen LogP) is 5.94. The molecule has 1 saturated heterocycles. The van der Waals surface area contributed by atoms with Crippen molar-refractivity contribution in [2.75, 3.05) is 44.1 Å². The van der Waals surface area contributed by atoms with Crippen molar-refractivity contribution in [3.8, 4) is 17.2 Å². The summed E-state index contributed by atoms with van der Waals surface area (Å²) < 4.78 is 17.1. The number of aromatic nitrogens is 2. The van der Waals surface area contributed by atoms with Gasteiger partial charge >= 0.3 is 0 Å². The van der Waals surface area contributed by atoms with Gasteiger partial charge in [-0.05, 0) is 73.4 Å². The van der Waals surface area contributed by atoms with E-state index in [-0.39, 0.29) is 0 Å². The summed E-state index contributed by atoms with van der Waals surface area (Å²) in [5.41, 5.74) is 2.25. The Bertz CT molecular complexity index is 1040. The van der Waals surface area contributed by atoms with Crippen molar-refractivity contribution in [1.29, 1.82) is 0 Å². The molecule has 3 atom stereocenters. The van der Waals surface area contributed by atoms with Crippen molar-refractivity contribution in [1.82, 2.24) is 10.2 Å². The molecule has 7 heteroatoms. The molecule has 0 bridgehead atoms. The van der Waals surface area contributed by atoms with Crippen molar-refractivity contribution in [3.05, 3.63) is 60.5 Å². The molecule has 2 fully saturated rings. The number of rotatable bonds is 11. The summed E-state index contributed by atoms with van der Waals surface area (Å²) >= 11 is 1.73. The molecule has 6 nitrogen and oxygen atoms in total. The lowest BCUT2D eigenvalue weighted by molar-refractivity contribution is 0.116. The number of thioether (sulfide) groups is 1. The van der Waals surface area contributed by atoms with E-state index in [1.54, 1.807) is 11.8 Å². The summed E-state index contributed by atoms with van der Waals surface area (Å²) in [4.78, 5) is 2.53. The van der Waals surface area contributed by atoms with Gasteiger partial charge in [-0.1, -0.05) is 24.6 Å². The lowest BCUT2D eigenvalue weighted by Gasteiger charge is -2.26. The number of nitrogens with zero attached hydrogens (tertiary/aromatic N) is 3. The van der Waals surface area contributed by atoms with E-state index in [2.05, 4.69) is 39.4 Å². The number of anilines is 1. The fourth-order valence-electron chi connectivity index (χ4n) is 5.62. The molecule has 1 aliphatic carbocycles. The van der Waals surface area contributed by atoms with E-state index in [1.165, 1.54) is 31.4 Å². The molecule has 1 aromatic heterocycles. The SMILES string of the molecule is COCC1CCCC1C1CCN(c2ccc(-c3nnc(CSCCOc4ccccc4)o3)cc2)C1. The first-order valence-electron chi connectivity index (χ1n) is 12.7. The number of hydrogen-bond donors (Lipinski definition) is 0. The number of ether oxygens (including phenoxy) is 2. The van der Waals surface area contributed by atoms with Crippen LogP contribution in [0.25, 0.3) is 11.5 Å². The first-order valence-corrected chi connectivity index (χ1v) is 13.9. The van der Waals surface area contributed by atoms with Gasteiger partial charge < -0.3 is 18.8 Å². The summed E-state index contributed by atoms with van der Waals surface area (Å²) in [7, 11) is 1.84. The van der Waals surface area contributed by atoms with Crippen LogP contribution in [0.4, 0.5) is 5.69 Å². The molecular formula is C28H35N3O3S. The Morgan fingerprint density at radius 2 is 1.89 bits per heavy atom. The van der Waals surface area contributed by atoms with Crippen LogP contribution in [0, 0.1) is 17.8 Å². The molecule has 0 amide bonds. The maximum absolute atomic E-state index is 5.91. The first kappa shape index (κ1) is 24.2. The molecular weight excluding hydrogens is 458 g/mol. The molecule has 0 spiro atoms. The Hall–Kier alpha value is -2.51. The molecule has 186 valence electrons. The summed E-state index contributed by atoms with van der Waals surface area (Å²) in [6, 6.07) is 18.5. The topological polar surface area (TPSA) is 60.6 Å². The smallest absolute Gasteiger partial charge is 0.247 e. The lowest BCUT2D eigenvalue weighted by Crippen LogP contribution is -2.26. The zero-order valence-corrected chi connectivity index (χ0v) is 21.3. The standard InChI is InChI=1S/C28H35N3O3S/c1-32-19-23-6-5-9-26(23)22-14-15-31(18-22)24-12-10-21(11-13-24)28-30-29-27(34-28)20-35-17-16-33-25-7-3-2-4-8-25/h2-4,7-8,10-13,22-23,26H,5-6,9,14-20H2,1H3. The van der Waals surface area contributed by atoms with E-state index in [4.69, 9.17) is 13.9 Å².